The molecule has 1 fully saturated rings. The van der Waals surface area contributed by atoms with Crippen molar-refractivity contribution >= 4 is 17.4 Å². The Morgan fingerprint density at radius 2 is 2.19 bits per heavy atom. The molecule has 1 aliphatic rings. The van der Waals surface area contributed by atoms with Gasteiger partial charge in [-0.1, -0.05) is 0 Å². The summed E-state index contributed by atoms with van der Waals surface area (Å²) in [5, 5.41) is 3.39. The first-order valence-electron chi connectivity index (χ1n) is 10.2. The van der Waals surface area contributed by atoms with Crippen LogP contribution in [0.15, 0.2) is 36.8 Å². The van der Waals surface area contributed by atoms with Gasteiger partial charge in [-0.05, 0) is 31.0 Å². The number of anilines is 1. The van der Waals surface area contributed by atoms with Gasteiger partial charge in [0.05, 0.1) is 19.4 Å². The van der Waals surface area contributed by atoms with Crippen molar-refractivity contribution < 1.29 is 18.7 Å². The van der Waals surface area contributed by atoms with E-state index in [1.54, 1.807) is 36.0 Å². The van der Waals surface area contributed by atoms with Gasteiger partial charge in [0.15, 0.2) is 5.82 Å². The molecule has 1 amide bonds. The molecule has 0 radical (unpaired) electrons. The lowest BCUT2D eigenvalue weighted by Gasteiger charge is -2.33. The molecule has 0 saturated carbocycles. The molecule has 1 unspecified atom stereocenters. The molecule has 3 aromatic rings. The van der Waals surface area contributed by atoms with Crippen LogP contribution in [0, 0.1) is 5.82 Å². The monoisotopic (exact) mass is 428 g/mol. The highest BCUT2D eigenvalue weighted by Crippen LogP contribution is 2.20. The summed E-state index contributed by atoms with van der Waals surface area (Å²) in [7, 11) is 1.60. The molecule has 164 valence electrons. The molecule has 31 heavy (non-hydrogen) atoms. The van der Waals surface area contributed by atoms with Crippen molar-refractivity contribution in [3.63, 3.8) is 0 Å². The smallest absolute Gasteiger partial charge is 0.248 e. The Balaban J connectivity index is 1.41. The quantitative estimate of drug-likeness (QED) is 0.549. The van der Waals surface area contributed by atoms with Crippen molar-refractivity contribution in [2.24, 2.45) is 0 Å². The summed E-state index contributed by atoms with van der Waals surface area (Å²) < 4.78 is 25.6. The molecule has 0 aromatic carbocycles. The number of amides is 1. The summed E-state index contributed by atoms with van der Waals surface area (Å²) in [4.78, 5) is 27.4. The van der Waals surface area contributed by atoms with Crippen LogP contribution in [0.5, 0.6) is 0 Å². The molecule has 1 N–H and O–H groups in total. The Hall–Kier alpha value is -3.11. The minimum absolute atomic E-state index is 0.0289. The van der Waals surface area contributed by atoms with Crippen LogP contribution in [-0.4, -0.2) is 76.2 Å². The van der Waals surface area contributed by atoms with Crippen LogP contribution in [0.4, 0.5) is 10.2 Å². The lowest BCUT2D eigenvalue weighted by molar-refractivity contribution is -0.137. The molecular formula is C21H25FN6O3. The maximum Gasteiger partial charge on any atom is 0.248 e. The van der Waals surface area contributed by atoms with Crippen molar-refractivity contribution in [3.05, 3.63) is 42.6 Å². The van der Waals surface area contributed by atoms with E-state index in [1.807, 2.05) is 4.90 Å². The summed E-state index contributed by atoms with van der Waals surface area (Å²) in [6.45, 7) is 2.21. The van der Waals surface area contributed by atoms with Gasteiger partial charge in [0.25, 0.3) is 0 Å². The van der Waals surface area contributed by atoms with E-state index < -0.39 is 0 Å². The second-order valence-electron chi connectivity index (χ2n) is 7.35. The number of ether oxygens (including phenoxy) is 2. The molecule has 0 aliphatic carbocycles. The molecule has 10 heteroatoms. The molecule has 1 saturated heterocycles. The van der Waals surface area contributed by atoms with Gasteiger partial charge in [0.1, 0.15) is 29.6 Å². The van der Waals surface area contributed by atoms with E-state index in [9.17, 15) is 9.18 Å². The van der Waals surface area contributed by atoms with E-state index in [2.05, 4.69) is 20.3 Å². The number of aromatic nitrogens is 4. The van der Waals surface area contributed by atoms with Gasteiger partial charge in [-0.2, -0.15) is 0 Å². The van der Waals surface area contributed by atoms with Gasteiger partial charge in [-0.25, -0.2) is 19.3 Å². The summed E-state index contributed by atoms with van der Waals surface area (Å²) >= 11 is 0. The number of halogens is 1. The number of methoxy groups -OCH3 is 1. The maximum atomic E-state index is 13.7. The van der Waals surface area contributed by atoms with E-state index >= 15 is 0 Å². The Morgan fingerprint density at radius 3 is 3.06 bits per heavy atom. The molecule has 1 aliphatic heterocycles. The number of piperidine rings is 1. The number of likely N-dealkylation sites (tertiary alicyclic amines) is 1. The minimum atomic E-state index is -0.362. The fourth-order valence-electron chi connectivity index (χ4n) is 3.61. The lowest BCUT2D eigenvalue weighted by Crippen LogP contribution is -2.46. The van der Waals surface area contributed by atoms with Crippen molar-refractivity contribution in [1.29, 1.82) is 0 Å². The average Bonchev–Trinajstić information content (AvgIpc) is 3.20. The van der Waals surface area contributed by atoms with Crippen molar-refractivity contribution in [2.75, 3.05) is 45.3 Å². The Labute approximate surface area is 179 Å². The van der Waals surface area contributed by atoms with Crippen LogP contribution in [-0.2, 0) is 14.3 Å². The van der Waals surface area contributed by atoms with Gasteiger partial charge in [0, 0.05) is 38.6 Å². The molecule has 1 atom stereocenters. The van der Waals surface area contributed by atoms with E-state index in [-0.39, 0.29) is 24.4 Å². The summed E-state index contributed by atoms with van der Waals surface area (Å²) in [5.41, 5.74) is 1.22. The van der Waals surface area contributed by atoms with Crippen LogP contribution in [0.3, 0.4) is 0 Å². The van der Waals surface area contributed by atoms with Crippen LogP contribution in [0.2, 0.25) is 0 Å². The number of pyridine rings is 1. The first-order valence-corrected chi connectivity index (χ1v) is 10.2. The normalized spacial score (nSPS) is 16.6. The second kappa shape index (κ2) is 9.80. The lowest BCUT2D eigenvalue weighted by atomic mass is 10.1. The number of fused-ring (bicyclic) bond motifs is 1. The number of carbonyl (C=O) groups is 1. The fourth-order valence-corrected chi connectivity index (χ4v) is 3.61. The van der Waals surface area contributed by atoms with Crippen molar-refractivity contribution in [1.82, 2.24) is 24.3 Å². The maximum absolute atomic E-state index is 13.7. The highest BCUT2D eigenvalue weighted by atomic mass is 19.1. The highest BCUT2D eigenvalue weighted by Gasteiger charge is 2.24. The Kier molecular flexibility index (Phi) is 6.68. The zero-order chi connectivity index (χ0) is 21.6. The number of hydrogen-bond donors (Lipinski definition) is 1. The summed E-state index contributed by atoms with van der Waals surface area (Å²) in [5.74, 6) is 0.698. The SMILES string of the molecule is COCCOCC(=O)N1CCCC(Nc2ccnc(-c3cnc4ccc(F)cn34)n2)C1. The highest BCUT2D eigenvalue weighted by molar-refractivity contribution is 5.77. The third-order valence-electron chi connectivity index (χ3n) is 5.14. The molecule has 9 nitrogen and oxygen atoms in total. The first-order chi connectivity index (χ1) is 15.1. The van der Waals surface area contributed by atoms with Gasteiger partial charge < -0.3 is 19.7 Å². The fraction of sp³-hybridized carbons (Fsp3) is 0.429. The van der Waals surface area contributed by atoms with Gasteiger partial charge >= 0.3 is 0 Å². The van der Waals surface area contributed by atoms with Crippen molar-refractivity contribution in [2.45, 2.75) is 18.9 Å². The number of hydrogen-bond acceptors (Lipinski definition) is 7. The number of nitrogens with one attached hydrogen (secondary N) is 1. The molecule has 4 rings (SSSR count). The third-order valence-corrected chi connectivity index (χ3v) is 5.14. The van der Waals surface area contributed by atoms with Gasteiger partial charge in [-0.15, -0.1) is 0 Å². The number of carbonyl (C=O) groups excluding carboxylic acids is 1. The largest absolute Gasteiger partial charge is 0.382 e. The van der Waals surface area contributed by atoms with Crippen LogP contribution < -0.4 is 5.32 Å². The van der Waals surface area contributed by atoms with Gasteiger partial charge in [-0.3, -0.25) is 9.20 Å². The van der Waals surface area contributed by atoms with E-state index in [4.69, 9.17) is 9.47 Å². The predicted octanol–water partition coefficient (Wildman–Crippen LogP) is 2.00. The zero-order valence-electron chi connectivity index (χ0n) is 17.3. The molecule has 3 aromatic heterocycles. The molecule has 0 spiro atoms. The Morgan fingerprint density at radius 1 is 1.29 bits per heavy atom. The predicted molar refractivity (Wildman–Crippen MR) is 112 cm³/mol. The standard InChI is InChI=1S/C21H25FN6O3/c1-30-9-10-31-14-20(29)27-8-2-3-16(13-27)25-18-6-7-23-21(26-18)17-11-24-19-5-4-15(22)12-28(17)19/h4-7,11-12,16H,2-3,8-10,13-14H2,1H3,(H,23,25,26). The third kappa shape index (κ3) is 5.15. The Bertz CT molecular complexity index is 1040. The number of rotatable bonds is 8. The van der Waals surface area contributed by atoms with Crippen LogP contribution in [0.1, 0.15) is 12.8 Å². The zero-order valence-corrected chi connectivity index (χ0v) is 17.3. The van der Waals surface area contributed by atoms with Crippen LogP contribution in [0.25, 0.3) is 17.2 Å². The number of imidazole rings is 1. The molecule has 0 bridgehead atoms. The summed E-state index contributed by atoms with van der Waals surface area (Å²) in [6.07, 6.45) is 6.46. The van der Waals surface area contributed by atoms with E-state index in [1.165, 1.54) is 12.3 Å². The van der Waals surface area contributed by atoms with Crippen molar-refractivity contribution in [3.8, 4) is 11.5 Å². The second-order valence-corrected chi connectivity index (χ2v) is 7.35. The first kappa shape index (κ1) is 21.1. The van der Waals surface area contributed by atoms with E-state index in [0.29, 0.717) is 49.3 Å². The minimum Gasteiger partial charge on any atom is -0.382 e. The number of nitrogens with zero attached hydrogens (tertiary/aromatic N) is 5. The van der Waals surface area contributed by atoms with Crippen LogP contribution >= 0.6 is 0 Å². The average molecular weight is 428 g/mol. The van der Waals surface area contributed by atoms with Gasteiger partial charge in [0.2, 0.25) is 5.91 Å². The summed E-state index contributed by atoms with van der Waals surface area (Å²) in [6, 6.07) is 4.82. The topological polar surface area (TPSA) is 93.9 Å². The molecular weight excluding hydrogens is 403 g/mol. The van der Waals surface area contributed by atoms with E-state index in [0.717, 1.165) is 12.8 Å². The molecule has 4 heterocycles.